The number of hydrogen-bond acceptors (Lipinski definition) is 11. The molecule has 1 unspecified atom stereocenters. The quantitative estimate of drug-likeness (QED) is 0.217. The first-order chi connectivity index (χ1) is 21.0. The van der Waals surface area contributed by atoms with Gasteiger partial charge in [-0.3, -0.25) is 14.3 Å². The highest BCUT2D eigenvalue weighted by Crippen LogP contribution is 2.39. The van der Waals surface area contributed by atoms with Gasteiger partial charge in [-0.05, 0) is 73.6 Å². The minimum absolute atomic E-state index is 0.212. The van der Waals surface area contributed by atoms with E-state index in [0.29, 0.717) is 50.4 Å². The molecule has 1 aliphatic rings. The Morgan fingerprint density at radius 3 is 2.52 bits per heavy atom. The Hall–Kier alpha value is -3.75. The number of rotatable bonds is 11. The van der Waals surface area contributed by atoms with Gasteiger partial charge in [0.2, 0.25) is 16.0 Å². The summed E-state index contributed by atoms with van der Waals surface area (Å²) in [5.41, 5.74) is 5.06. The first kappa shape index (κ1) is 31.7. The lowest BCUT2D eigenvalue weighted by atomic mass is 10.1. The fourth-order valence-corrected chi connectivity index (χ4v) is 6.81. The molecular weight excluding hydrogens is 646 g/mol. The number of aromatic nitrogens is 4. The van der Waals surface area contributed by atoms with Crippen LogP contribution in [0.5, 0.6) is 5.75 Å². The molecule has 0 bridgehead atoms. The van der Waals surface area contributed by atoms with E-state index in [9.17, 15) is 8.42 Å². The zero-order chi connectivity index (χ0) is 31.6. The van der Waals surface area contributed by atoms with Crippen LogP contribution in [0.2, 0.25) is 0 Å². The number of likely N-dealkylation sites (N-methyl/N-ethyl adjacent to an activating group) is 1. The van der Waals surface area contributed by atoms with Gasteiger partial charge in [0, 0.05) is 56.0 Å². The molecule has 1 aliphatic heterocycles. The molecule has 0 radical (unpaired) electrons. The maximum absolute atomic E-state index is 12.8. The summed E-state index contributed by atoms with van der Waals surface area (Å²) >= 11 is 3.55. The number of methoxy groups -OCH3 is 1. The van der Waals surface area contributed by atoms with Crippen LogP contribution < -0.4 is 24.6 Å². The van der Waals surface area contributed by atoms with Crippen LogP contribution in [-0.4, -0.2) is 86.4 Å². The van der Waals surface area contributed by atoms with Crippen LogP contribution in [0.25, 0.3) is 11.0 Å². The predicted molar refractivity (Wildman–Crippen MR) is 180 cm³/mol. The van der Waals surface area contributed by atoms with Crippen LogP contribution in [0.15, 0.2) is 47.3 Å². The number of aryl methyl sites for hydroxylation is 1. The van der Waals surface area contributed by atoms with E-state index < -0.39 is 10.0 Å². The van der Waals surface area contributed by atoms with E-state index in [0.717, 1.165) is 31.6 Å². The summed E-state index contributed by atoms with van der Waals surface area (Å²) in [6, 6.07) is 8.27. The van der Waals surface area contributed by atoms with Gasteiger partial charge >= 0.3 is 0 Å². The number of sulfonamides is 1. The van der Waals surface area contributed by atoms with E-state index in [1.807, 2.05) is 0 Å². The molecule has 14 heteroatoms. The van der Waals surface area contributed by atoms with Crippen molar-refractivity contribution < 1.29 is 13.2 Å². The number of halogens is 1. The van der Waals surface area contributed by atoms with Gasteiger partial charge in [-0.25, -0.2) is 13.4 Å². The lowest BCUT2D eigenvalue weighted by Crippen LogP contribution is -2.31. The maximum Gasteiger partial charge on any atom is 0.232 e. The van der Waals surface area contributed by atoms with Gasteiger partial charge in [0.15, 0.2) is 0 Å². The monoisotopic (exact) mass is 683 g/mol. The van der Waals surface area contributed by atoms with Crippen LogP contribution in [0.4, 0.5) is 34.5 Å². The molecule has 0 amide bonds. The summed E-state index contributed by atoms with van der Waals surface area (Å²) in [6.07, 6.45) is 7.90. The second kappa shape index (κ2) is 13.1. The molecule has 2 aromatic heterocycles. The lowest BCUT2D eigenvalue weighted by Gasteiger charge is -2.25. The first-order valence-electron chi connectivity index (χ1n) is 14.4. The third kappa shape index (κ3) is 6.52. The highest BCUT2D eigenvalue weighted by atomic mass is 79.9. The van der Waals surface area contributed by atoms with Crippen molar-refractivity contribution >= 4 is 71.5 Å². The Bertz CT molecular complexity index is 1770. The van der Waals surface area contributed by atoms with Crippen LogP contribution in [0.3, 0.4) is 0 Å². The molecule has 5 rings (SSSR count). The summed E-state index contributed by atoms with van der Waals surface area (Å²) in [5, 5.41) is 6.64. The smallest absolute Gasteiger partial charge is 0.232 e. The lowest BCUT2D eigenvalue weighted by molar-refractivity contribution is 0.315. The topological polar surface area (TPSA) is 129 Å². The van der Waals surface area contributed by atoms with Crippen molar-refractivity contribution in [1.29, 1.82) is 0 Å². The SMILES string of the molecule is CCc1cc(Nc2ncc(Br)c(Nc3ccc4nccnc4c3N(CC)S(C)(=O)=O)n2)c(OC)cc1N1CCC(N(C)C)C1. The summed E-state index contributed by atoms with van der Waals surface area (Å²) in [4.78, 5) is 22.8. The second-order valence-electron chi connectivity index (χ2n) is 10.8. The van der Waals surface area contributed by atoms with Crippen molar-refractivity contribution in [3.05, 3.63) is 52.9 Å². The van der Waals surface area contributed by atoms with Gasteiger partial charge in [0.25, 0.3) is 0 Å². The Balaban J connectivity index is 1.49. The minimum atomic E-state index is -3.62. The summed E-state index contributed by atoms with van der Waals surface area (Å²) < 4.78 is 33.3. The average molecular weight is 685 g/mol. The van der Waals surface area contributed by atoms with E-state index in [4.69, 9.17) is 9.72 Å². The molecule has 0 saturated carbocycles. The molecule has 3 heterocycles. The molecule has 1 atom stereocenters. The molecule has 12 nitrogen and oxygen atoms in total. The molecular formula is C30H38BrN9O3S. The molecule has 2 aromatic carbocycles. The highest BCUT2D eigenvalue weighted by molar-refractivity contribution is 9.10. The molecule has 4 aromatic rings. The van der Waals surface area contributed by atoms with E-state index in [-0.39, 0.29) is 6.54 Å². The Kier molecular flexibility index (Phi) is 9.42. The van der Waals surface area contributed by atoms with Crippen LogP contribution in [0, 0.1) is 0 Å². The molecule has 1 saturated heterocycles. The van der Waals surface area contributed by atoms with Gasteiger partial charge in [0.05, 0.1) is 34.7 Å². The largest absolute Gasteiger partial charge is 0.494 e. The number of nitrogens with zero attached hydrogens (tertiary/aromatic N) is 7. The molecule has 0 aliphatic carbocycles. The van der Waals surface area contributed by atoms with Gasteiger partial charge in [0.1, 0.15) is 22.8 Å². The summed E-state index contributed by atoms with van der Waals surface area (Å²) in [6.45, 7) is 6.10. The zero-order valence-electron chi connectivity index (χ0n) is 25.8. The molecule has 2 N–H and O–H groups in total. The normalized spacial score (nSPS) is 15.2. The zero-order valence-corrected chi connectivity index (χ0v) is 28.2. The second-order valence-corrected chi connectivity index (χ2v) is 13.6. The van der Waals surface area contributed by atoms with Gasteiger partial charge in [-0.1, -0.05) is 6.92 Å². The number of fused-ring (bicyclic) bond motifs is 1. The highest BCUT2D eigenvalue weighted by Gasteiger charge is 2.27. The molecule has 234 valence electrons. The van der Waals surface area contributed by atoms with E-state index in [1.165, 1.54) is 21.8 Å². The standard InChI is InChI=1S/C30H38BrN9O3S/c1-7-19-15-24(26(43-5)16-25(19)39-14-11-20(18-39)38(3)4)36-30-34-17-21(31)29(37-30)35-23-10-9-22-27(33-13-12-32-22)28(23)40(8-2)44(6,41)42/h9-10,12-13,15-17,20H,7-8,11,14,18H2,1-6H3,(H2,34,35,36,37). The van der Waals surface area contributed by atoms with Crippen molar-refractivity contribution in [2.75, 3.05) is 66.9 Å². The number of nitrogens with one attached hydrogen (secondary N) is 2. The third-order valence-electron chi connectivity index (χ3n) is 7.81. The van der Waals surface area contributed by atoms with Gasteiger partial charge in [-0.2, -0.15) is 4.98 Å². The van der Waals surface area contributed by atoms with Crippen molar-refractivity contribution in [3.8, 4) is 5.75 Å². The first-order valence-corrected chi connectivity index (χ1v) is 17.1. The Labute approximate surface area is 267 Å². The minimum Gasteiger partial charge on any atom is -0.494 e. The fourth-order valence-electron chi connectivity index (χ4n) is 5.54. The number of anilines is 6. The summed E-state index contributed by atoms with van der Waals surface area (Å²) in [5.74, 6) is 1.47. The van der Waals surface area contributed by atoms with Gasteiger partial charge < -0.3 is 25.2 Å². The fraction of sp³-hybridized carbons (Fsp3) is 0.400. The van der Waals surface area contributed by atoms with E-state index in [2.05, 4.69) is 84.5 Å². The molecule has 44 heavy (non-hydrogen) atoms. The van der Waals surface area contributed by atoms with Crippen LogP contribution >= 0.6 is 15.9 Å². The molecule has 1 fully saturated rings. The predicted octanol–water partition coefficient (Wildman–Crippen LogP) is 5.17. The van der Waals surface area contributed by atoms with Crippen LogP contribution in [-0.2, 0) is 16.4 Å². The third-order valence-corrected chi connectivity index (χ3v) is 9.63. The van der Waals surface area contributed by atoms with Crippen molar-refractivity contribution in [3.63, 3.8) is 0 Å². The average Bonchev–Trinajstić information content (AvgIpc) is 3.50. The summed E-state index contributed by atoms with van der Waals surface area (Å²) in [7, 11) is 2.30. The van der Waals surface area contributed by atoms with Crippen molar-refractivity contribution in [2.24, 2.45) is 0 Å². The van der Waals surface area contributed by atoms with E-state index in [1.54, 1.807) is 44.8 Å². The van der Waals surface area contributed by atoms with Crippen molar-refractivity contribution in [2.45, 2.75) is 32.7 Å². The van der Waals surface area contributed by atoms with Crippen LogP contribution in [0.1, 0.15) is 25.8 Å². The van der Waals surface area contributed by atoms with E-state index >= 15 is 0 Å². The van der Waals surface area contributed by atoms with Crippen molar-refractivity contribution in [1.82, 2.24) is 24.8 Å². The maximum atomic E-state index is 12.8. The Morgan fingerprint density at radius 1 is 1.09 bits per heavy atom. The molecule has 0 spiro atoms. The van der Waals surface area contributed by atoms with Gasteiger partial charge in [-0.15, -0.1) is 0 Å². The number of benzene rings is 2. The Morgan fingerprint density at radius 2 is 1.86 bits per heavy atom. The number of hydrogen-bond donors (Lipinski definition) is 2. The number of ether oxygens (including phenoxy) is 1.